The molecular weight excluding hydrogens is 324 g/mol. The van der Waals surface area contributed by atoms with Crippen molar-refractivity contribution in [1.82, 2.24) is 0 Å². The van der Waals surface area contributed by atoms with E-state index in [2.05, 4.69) is 0 Å². The van der Waals surface area contributed by atoms with E-state index in [1.807, 2.05) is 0 Å². The summed E-state index contributed by atoms with van der Waals surface area (Å²) in [7, 11) is 0. The lowest BCUT2D eigenvalue weighted by atomic mass is 9.95. The van der Waals surface area contributed by atoms with Crippen LogP contribution in [-0.2, 0) is 0 Å². The zero-order chi connectivity index (χ0) is 16.6. The lowest BCUT2D eigenvalue weighted by Crippen LogP contribution is -2.66. The Labute approximate surface area is 103 Å². The largest absolute Gasteiger partial charge is 0.460 e. The summed E-state index contributed by atoms with van der Waals surface area (Å²) >= 11 is 0. The highest BCUT2D eigenvalue weighted by atomic mass is 19.4. The van der Waals surface area contributed by atoms with Crippen LogP contribution in [0.4, 0.5) is 52.7 Å². The molecule has 0 aliphatic rings. The van der Waals surface area contributed by atoms with E-state index in [0.717, 1.165) is 0 Å². The zero-order valence-electron chi connectivity index (χ0n) is 9.16. The van der Waals surface area contributed by atoms with Gasteiger partial charge in [-0.05, 0) is 6.42 Å². The van der Waals surface area contributed by atoms with Gasteiger partial charge in [0.05, 0.1) is 6.67 Å². The molecule has 0 aromatic rings. The van der Waals surface area contributed by atoms with E-state index < -0.39 is 49.4 Å². The minimum atomic E-state index is -7.40. The number of halogens is 12. The molecule has 0 N–H and O–H groups in total. The molecule has 0 spiro atoms. The maximum absolute atomic E-state index is 12.7. The molecule has 20 heavy (non-hydrogen) atoms. The first-order valence-electron chi connectivity index (χ1n) is 4.70. The first-order valence-corrected chi connectivity index (χ1v) is 4.70. The molecule has 12 heteroatoms. The second-order valence-corrected chi connectivity index (χ2v) is 3.72. The van der Waals surface area contributed by atoms with Gasteiger partial charge in [-0.1, -0.05) is 0 Å². The highest BCUT2D eigenvalue weighted by Gasteiger charge is 2.86. The third-order valence-electron chi connectivity index (χ3n) is 2.23. The molecule has 0 aromatic carbocycles. The van der Waals surface area contributed by atoms with Gasteiger partial charge >= 0.3 is 29.9 Å². The van der Waals surface area contributed by atoms with E-state index in [9.17, 15) is 52.7 Å². The van der Waals surface area contributed by atoms with Crippen LogP contribution in [0, 0.1) is 0 Å². The number of rotatable bonds is 6. The molecule has 0 amide bonds. The van der Waals surface area contributed by atoms with E-state index in [1.54, 1.807) is 0 Å². The Morgan fingerprint density at radius 1 is 0.550 bits per heavy atom. The van der Waals surface area contributed by atoms with Crippen molar-refractivity contribution in [3.05, 3.63) is 0 Å². The summed E-state index contributed by atoms with van der Waals surface area (Å²) in [5.74, 6) is -27.8. The maximum atomic E-state index is 12.7. The average Bonchev–Trinajstić information content (AvgIpc) is 2.24. The first-order chi connectivity index (χ1) is 8.56. The van der Waals surface area contributed by atoms with Crippen molar-refractivity contribution in [2.75, 3.05) is 6.67 Å². The lowest BCUT2D eigenvalue weighted by molar-refractivity contribution is -0.422. The van der Waals surface area contributed by atoms with Crippen LogP contribution in [0.15, 0.2) is 0 Å². The molecule has 0 bridgehead atoms. The predicted molar refractivity (Wildman–Crippen MR) is 41.1 cm³/mol. The molecule has 0 atom stereocenters. The smallest absolute Gasteiger partial charge is 0.251 e. The monoisotopic (exact) mass is 330 g/mol. The van der Waals surface area contributed by atoms with Gasteiger partial charge in [0.15, 0.2) is 0 Å². The minimum Gasteiger partial charge on any atom is -0.251 e. The van der Waals surface area contributed by atoms with Gasteiger partial charge in [0.2, 0.25) is 0 Å². The molecule has 0 heterocycles. The lowest BCUT2D eigenvalue weighted by Gasteiger charge is -2.37. The number of alkyl halides is 12. The Hall–Kier alpha value is -0.840. The third-order valence-corrected chi connectivity index (χ3v) is 2.23. The summed E-state index contributed by atoms with van der Waals surface area (Å²) in [6.45, 7) is -1.67. The summed E-state index contributed by atoms with van der Waals surface area (Å²) in [5, 5.41) is 0. The van der Waals surface area contributed by atoms with Crippen molar-refractivity contribution in [1.29, 1.82) is 0 Å². The Morgan fingerprint density at radius 3 is 1.25 bits per heavy atom. The van der Waals surface area contributed by atoms with Crippen molar-refractivity contribution in [3.8, 4) is 0 Å². The standard InChI is InChI=1S/C8H6F12/c9-3-1-2-4(10,11)5(12,13)6(14,15)7(16,17)8(18,19)20/h1-3H2. The van der Waals surface area contributed by atoms with Gasteiger partial charge in [0.25, 0.3) is 0 Å². The van der Waals surface area contributed by atoms with Crippen LogP contribution in [-0.4, -0.2) is 36.5 Å². The molecule has 0 rings (SSSR count). The molecular formula is C8H6F12. The summed E-state index contributed by atoms with van der Waals surface area (Å²) < 4.78 is 147. The number of hydrogen-bond acceptors (Lipinski definition) is 0. The topological polar surface area (TPSA) is 0 Å². The predicted octanol–water partition coefficient (Wildman–Crippen LogP) is 4.84. The van der Waals surface area contributed by atoms with Crippen LogP contribution >= 0.6 is 0 Å². The van der Waals surface area contributed by atoms with Crippen molar-refractivity contribution < 1.29 is 52.7 Å². The van der Waals surface area contributed by atoms with E-state index in [1.165, 1.54) is 0 Å². The Balaban J connectivity index is 5.68. The number of hydrogen-bond donors (Lipinski definition) is 0. The quantitative estimate of drug-likeness (QED) is 0.612. The van der Waals surface area contributed by atoms with E-state index in [-0.39, 0.29) is 0 Å². The van der Waals surface area contributed by atoms with Gasteiger partial charge in [-0.25, -0.2) is 0 Å². The molecule has 0 aromatic heterocycles. The van der Waals surface area contributed by atoms with Crippen LogP contribution in [0.25, 0.3) is 0 Å². The Morgan fingerprint density at radius 2 is 0.950 bits per heavy atom. The summed E-state index contributed by atoms with van der Waals surface area (Å²) in [5.41, 5.74) is 0. The van der Waals surface area contributed by atoms with E-state index in [0.29, 0.717) is 0 Å². The first kappa shape index (κ1) is 19.2. The molecule has 0 fully saturated rings. The van der Waals surface area contributed by atoms with Crippen LogP contribution in [0.1, 0.15) is 12.8 Å². The molecule has 122 valence electrons. The minimum absolute atomic E-state index is 1.42. The van der Waals surface area contributed by atoms with Gasteiger partial charge in [0.1, 0.15) is 0 Å². The second-order valence-electron chi connectivity index (χ2n) is 3.72. The fourth-order valence-corrected chi connectivity index (χ4v) is 1.05. The maximum Gasteiger partial charge on any atom is 0.460 e. The second kappa shape index (κ2) is 5.17. The van der Waals surface area contributed by atoms with Crippen LogP contribution in [0.5, 0.6) is 0 Å². The SMILES string of the molecule is FCCCC(F)(F)C(F)(F)C(F)(F)C(F)(F)C(F)(F)F. The molecule has 0 unspecified atom stereocenters. The highest BCUT2D eigenvalue weighted by molar-refractivity contribution is 5.06. The molecule has 0 saturated heterocycles. The molecule has 0 aliphatic heterocycles. The molecule has 0 aliphatic carbocycles. The van der Waals surface area contributed by atoms with Crippen LogP contribution in [0.3, 0.4) is 0 Å². The van der Waals surface area contributed by atoms with Crippen LogP contribution in [0.2, 0.25) is 0 Å². The third kappa shape index (κ3) is 2.78. The van der Waals surface area contributed by atoms with Crippen molar-refractivity contribution in [3.63, 3.8) is 0 Å². The Kier molecular flexibility index (Phi) is 4.95. The molecule has 0 saturated carbocycles. The zero-order valence-corrected chi connectivity index (χ0v) is 9.16. The fraction of sp³-hybridized carbons (Fsp3) is 1.00. The molecule has 0 nitrogen and oxygen atoms in total. The Bertz CT molecular complexity index is 327. The van der Waals surface area contributed by atoms with Gasteiger partial charge in [-0.3, -0.25) is 4.39 Å². The van der Waals surface area contributed by atoms with Gasteiger partial charge < -0.3 is 0 Å². The van der Waals surface area contributed by atoms with E-state index >= 15 is 0 Å². The molecule has 0 radical (unpaired) electrons. The van der Waals surface area contributed by atoms with Gasteiger partial charge in [0, 0.05) is 6.42 Å². The highest BCUT2D eigenvalue weighted by Crippen LogP contribution is 2.58. The van der Waals surface area contributed by atoms with Crippen molar-refractivity contribution in [2.24, 2.45) is 0 Å². The van der Waals surface area contributed by atoms with Gasteiger partial charge in [-0.2, -0.15) is 48.3 Å². The normalized spacial score (nSPS) is 15.6. The van der Waals surface area contributed by atoms with Crippen LogP contribution < -0.4 is 0 Å². The van der Waals surface area contributed by atoms with E-state index in [4.69, 9.17) is 0 Å². The van der Waals surface area contributed by atoms with Gasteiger partial charge in [-0.15, -0.1) is 0 Å². The summed E-state index contributed by atoms with van der Waals surface area (Å²) in [6.07, 6.45) is -10.9. The van der Waals surface area contributed by atoms with Crippen molar-refractivity contribution in [2.45, 2.75) is 42.7 Å². The summed E-state index contributed by atoms with van der Waals surface area (Å²) in [4.78, 5) is 0. The van der Waals surface area contributed by atoms with Crippen molar-refractivity contribution >= 4 is 0 Å². The summed E-state index contributed by atoms with van der Waals surface area (Å²) in [6, 6.07) is 0. The fourth-order valence-electron chi connectivity index (χ4n) is 1.05. The average molecular weight is 330 g/mol.